The molecule has 1 aromatic carbocycles. The molecule has 1 saturated heterocycles. The largest absolute Gasteiger partial charge is 0.397 e. The van der Waals surface area contributed by atoms with E-state index in [1.165, 1.54) is 0 Å². The van der Waals surface area contributed by atoms with Gasteiger partial charge in [-0.3, -0.25) is 15.0 Å². The molecule has 0 aromatic heterocycles. The van der Waals surface area contributed by atoms with Gasteiger partial charge in [-0.25, -0.2) is 0 Å². The van der Waals surface area contributed by atoms with Crippen LogP contribution in [0.1, 0.15) is 38.5 Å². The lowest BCUT2D eigenvalue weighted by atomic mass is 9.94. The summed E-state index contributed by atoms with van der Waals surface area (Å²) >= 11 is 5.94. The van der Waals surface area contributed by atoms with Crippen LogP contribution in [0.5, 0.6) is 0 Å². The number of hydrogen-bond donors (Lipinski definition) is 6. The van der Waals surface area contributed by atoms with Crippen LogP contribution < -0.4 is 11.1 Å². The number of β-amino-alcohol motifs (C(OH)–C–C–N with tert-alkyl or cyclic N) is 1. The summed E-state index contributed by atoms with van der Waals surface area (Å²) < 4.78 is 0. The van der Waals surface area contributed by atoms with Crippen LogP contribution in [0.2, 0.25) is 5.02 Å². The van der Waals surface area contributed by atoms with E-state index in [2.05, 4.69) is 5.32 Å². The van der Waals surface area contributed by atoms with Crippen LogP contribution in [0.4, 0.5) is 17.1 Å². The molecule has 0 bridgehead atoms. The van der Waals surface area contributed by atoms with Crippen LogP contribution in [0.15, 0.2) is 12.1 Å². The number of nitro groups is 1. The summed E-state index contributed by atoms with van der Waals surface area (Å²) in [5, 5.41) is 53.2. The van der Waals surface area contributed by atoms with Crippen molar-refractivity contribution in [3.63, 3.8) is 0 Å². The Bertz CT molecular complexity index is 725. The molecule has 0 spiro atoms. The summed E-state index contributed by atoms with van der Waals surface area (Å²) in [6, 6.07) is 2.54. The van der Waals surface area contributed by atoms with E-state index >= 15 is 0 Å². The number of nitrogens with two attached hydrogens (primary N) is 1. The maximum Gasteiger partial charge on any atom is 0.312 e. The summed E-state index contributed by atoms with van der Waals surface area (Å²) in [7, 11) is 0. The van der Waals surface area contributed by atoms with Gasteiger partial charge in [0.25, 0.3) is 0 Å². The first kappa shape index (κ1) is 25.6. The number of nitrogens with one attached hydrogen (secondary N) is 1. The number of hydrogen-bond acceptors (Lipinski definition) is 9. The molecule has 4 atom stereocenters. The highest BCUT2D eigenvalue weighted by molar-refractivity contribution is 6.35. The Morgan fingerprint density at radius 1 is 1.13 bits per heavy atom. The summed E-state index contributed by atoms with van der Waals surface area (Å²) in [5.74, 6) is 0. The maximum absolute atomic E-state index is 11.2. The lowest BCUT2D eigenvalue weighted by Crippen LogP contribution is -2.62. The molecule has 1 fully saturated rings. The fraction of sp³-hybridized carbons (Fsp3) is 0.700. The zero-order chi connectivity index (χ0) is 23.0. The average Bonchev–Trinajstić information content (AvgIpc) is 2.73. The van der Waals surface area contributed by atoms with Gasteiger partial charge in [0.05, 0.1) is 29.4 Å². The molecule has 0 amide bonds. The number of piperidine rings is 1. The van der Waals surface area contributed by atoms with Gasteiger partial charge >= 0.3 is 5.69 Å². The van der Waals surface area contributed by atoms with E-state index in [0.29, 0.717) is 18.8 Å². The van der Waals surface area contributed by atoms with Crippen molar-refractivity contribution in [2.75, 3.05) is 37.3 Å². The summed E-state index contributed by atoms with van der Waals surface area (Å²) in [4.78, 5) is 12.5. The van der Waals surface area contributed by atoms with E-state index in [9.17, 15) is 30.5 Å². The van der Waals surface area contributed by atoms with Crippen molar-refractivity contribution in [2.45, 2.75) is 62.9 Å². The standard InChI is InChI=1S/C20H33ClN4O6/c21-17-13(22)7-8-14(18(17)25(30)31)23-9-5-3-1-2-4-6-10-24-11-16(27)20(29)19(28)15(24)12-26/h7-8,15-16,19-20,23,26-29H,1-6,9-12,22H2/t15-,16+,19-,20-/m1/s1. The van der Waals surface area contributed by atoms with Crippen molar-refractivity contribution in [3.05, 3.63) is 27.3 Å². The molecular formula is C20H33ClN4O6. The van der Waals surface area contributed by atoms with Gasteiger partial charge in [-0.2, -0.15) is 0 Å². The van der Waals surface area contributed by atoms with E-state index in [1.54, 1.807) is 12.1 Å². The molecule has 1 aromatic rings. The number of anilines is 2. The molecular weight excluding hydrogens is 428 g/mol. The minimum atomic E-state index is -1.23. The van der Waals surface area contributed by atoms with Crippen LogP contribution >= 0.6 is 11.6 Å². The van der Waals surface area contributed by atoms with Crippen LogP contribution in [-0.2, 0) is 0 Å². The third kappa shape index (κ3) is 6.90. The van der Waals surface area contributed by atoms with E-state index in [0.717, 1.165) is 38.5 Å². The van der Waals surface area contributed by atoms with E-state index in [-0.39, 0.29) is 29.5 Å². The number of benzene rings is 1. The molecule has 11 heteroatoms. The van der Waals surface area contributed by atoms with Gasteiger partial charge in [-0.05, 0) is 31.5 Å². The summed E-state index contributed by atoms with van der Waals surface area (Å²) in [6.07, 6.45) is 2.28. The fourth-order valence-corrected chi connectivity index (χ4v) is 4.14. The Labute approximate surface area is 186 Å². The number of nitrogen functional groups attached to an aromatic ring is 1. The van der Waals surface area contributed by atoms with Crippen molar-refractivity contribution in [1.82, 2.24) is 4.90 Å². The zero-order valence-corrected chi connectivity index (χ0v) is 18.2. The van der Waals surface area contributed by atoms with Gasteiger partial charge in [0.15, 0.2) is 0 Å². The second-order valence-electron chi connectivity index (χ2n) is 7.96. The highest BCUT2D eigenvalue weighted by Crippen LogP contribution is 2.36. The van der Waals surface area contributed by atoms with Crippen LogP contribution in [0, 0.1) is 10.1 Å². The summed E-state index contributed by atoms with van der Waals surface area (Å²) in [6.45, 7) is 1.19. The molecule has 2 rings (SSSR count). The highest BCUT2D eigenvalue weighted by Gasteiger charge is 2.40. The smallest absolute Gasteiger partial charge is 0.312 e. The minimum Gasteiger partial charge on any atom is -0.397 e. The monoisotopic (exact) mass is 460 g/mol. The Morgan fingerprint density at radius 2 is 1.77 bits per heavy atom. The third-order valence-corrected chi connectivity index (χ3v) is 6.13. The molecule has 0 saturated carbocycles. The first-order valence-electron chi connectivity index (χ1n) is 10.6. The first-order valence-corrected chi connectivity index (χ1v) is 11.0. The normalized spacial score (nSPS) is 24.3. The van der Waals surface area contributed by atoms with Gasteiger partial charge in [0, 0.05) is 13.1 Å². The molecule has 1 heterocycles. The van der Waals surface area contributed by atoms with Crippen molar-refractivity contribution in [3.8, 4) is 0 Å². The van der Waals surface area contributed by atoms with Gasteiger partial charge in [0.2, 0.25) is 0 Å². The topological polar surface area (TPSA) is 165 Å². The molecule has 31 heavy (non-hydrogen) atoms. The molecule has 0 radical (unpaired) electrons. The minimum absolute atomic E-state index is 0.0540. The molecule has 1 aliphatic heterocycles. The Balaban J connectivity index is 1.61. The fourth-order valence-electron chi connectivity index (χ4n) is 3.91. The predicted octanol–water partition coefficient (Wildman–Crippen LogP) is 1.34. The third-order valence-electron chi connectivity index (χ3n) is 5.73. The molecule has 176 valence electrons. The molecule has 10 nitrogen and oxygen atoms in total. The lowest BCUT2D eigenvalue weighted by molar-refractivity contribution is -0.383. The number of aliphatic hydroxyl groups excluding tert-OH is 4. The quantitative estimate of drug-likeness (QED) is 0.117. The van der Waals surface area contributed by atoms with E-state index < -0.39 is 29.3 Å². The van der Waals surface area contributed by atoms with Gasteiger partial charge in [-0.1, -0.05) is 37.3 Å². The number of unbranched alkanes of at least 4 members (excludes halogenated alkanes) is 5. The molecule has 0 unspecified atom stereocenters. The average molecular weight is 461 g/mol. The van der Waals surface area contributed by atoms with E-state index in [4.69, 9.17) is 17.3 Å². The van der Waals surface area contributed by atoms with Crippen molar-refractivity contribution in [1.29, 1.82) is 0 Å². The first-order chi connectivity index (χ1) is 14.8. The van der Waals surface area contributed by atoms with Crippen molar-refractivity contribution < 1.29 is 25.3 Å². The zero-order valence-electron chi connectivity index (χ0n) is 17.5. The number of nitro benzene ring substituents is 1. The van der Waals surface area contributed by atoms with Crippen molar-refractivity contribution >= 4 is 28.7 Å². The van der Waals surface area contributed by atoms with Gasteiger partial charge in [-0.15, -0.1) is 0 Å². The molecule has 0 aliphatic carbocycles. The highest BCUT2D eigenvalue weighted by atomic mass is 35.5. The second kappa shape index (κ2) is 12.4. The molecule has 7 N–H and O–H groups in total. The van der Waals surface area contributed by atoms with Gasteiger partial charge in [0.1, 0.15) is 22.9 Å². The molecule has 1 aliphatic rings. The van der Waals surface area contributed by atoms with Crippen LogP contribution in [-0.4, -0.2) is 80.8 Å². The SMILES string of the molecule is Nc1ccc(NCCCCCCCCN2C[C@H](O)[C@@H](O)[C@H](O)[C@H]2CO)c([N+](=O)[O-])c1Cl. The van der Waals surface area contributed by atoms with E-state index in [1.807, 2.05) is 4.90 Å². The van der Waals surface area contributed by atoms with Crippen LogP contribution in [0.3, 0.4) is 0 Å². The Kier molecular flexibility index (Phi) is 10.2. The predicted molar refractivity (Wildman–Crippen MR) is 119 cm³/mol. The van der Waals surface area contributed by atoms with Crippen molar-refractivity contribution in [2.24, 2.45) is 0 Å². The Morgan fingerprint density at radius 3 is 2.42 bits per heavy atom. The van der Waals surface area contributed by atoms with Gasteiger partial charge < -0.3 is 31.5 Å². The van der Waals surface area contributed by atoms with Crippen LogP contribution in [0.25, 0.3) is 0 Å². The number of rotatable bonds is 12. The summed E-state index contributed by atoms with van der Waals surface area (Å²) in [5.41, 5.74) is 5.96. The second-order valence-corrected chi connectivity index (χ2v) is 8.34. The maximum atomic E-state index is 11.2. The Hall–Kier alpha value is -1.69. The number of halogens is 1. The number of aliphatic hydroxyl groups is 4. The number of likely N-dealkylation sites (tertiary alicyclic amines) is 1. The number of nitrogens with zero attached hydrogens (tertiary/aromatic N) is 2. The lowest BCUT2D eigenvalue weighted by Gasteiger charge is -2.43.